The van der Waals surface area contributed by atoms with Gasteiger partial charge in [-0.25, -0.2) is 4.79 Å². The van der Waals surface area contributed by atoms with Crippen LogP contribution in [0.1, 0.15) is 72.9 Å². The average molecular weight is 562 g/mol. The van der Waals surface area contributed by atoms with Crippen molar-refractivity contribution in [3.05, 3.63) is 72.3 Å². The van der Waals surface area contributed by atoms with E-state index in [4.69, 9.17) is 4.74 Å². The zero-order valence-electron chi connectivity index (χ0n) is 25.1. The molecule has 0 bridgehead atoms. The summed E-state index contributed by atoms with van der Waals surface area (Å²) in [5.74, 6) is -0.657. The third-order valence-corrected chi connectivity index (χ3v) is 6.77. The molecule has 3 rings (SSSR count). The maximum atomic E-state index is 14.3. The van der Waals surface area contributed by atoms with Crippen molar-refractivity contribution in [2.75, 3.05) is 5.32 Å². The Balaban J connectivity index is 2.04. The number of nitrogens with zero attached hydrogens (tertiary/aromatic N) is 1. The third kappa shape index (κ3) is 8.71. The minimum atomic E-state index is -1.03. The SMILES string of the molecule is CCC(C)N(C(=O)C(CC(C)C)NC(=O)OC(C)(C)C)C(C(=O)Nc1ccc2ccccc2c1)c1ccc(O)cc1. The molecule has 0 fully saturated rings. The molecule has 8 nitrogen and oxygen atoms in total. The Kier molecular flexibility index (Phi) is 10.4. The van der Waals surface area contributed by atoms with E-state index in [1.54, 1.807) is 37.8 Å². The lowest BCUT2D eigenvalue weighted by molar-refractivity contribution is -0.143. The molecule has 0 saturated carbocycles. The van der Waals surface area contributed by atoms with Crippen LogP contribution < -0.4 is 10.6 Å². The van der Waals surface area contributed by atoms with E-state index in [9.17, 15) is 19.5 Å². The molecular formula is C33H43N3O5. The first-order chi connectivity index (χ1) is 19.3. The number of rotatable bonds is 10. The first-order valence-electron chi connectivity index (χ1n) is 14.2. The van der Waals surface area contributed by atoms with Crippen molar-refractivity contribution in [1.82, 2.24) is 10.2 Å². The lowest BCUT2D eigenvalue weighted by Gasteiger charge is -2.38. The lowest BCUT2D eigenvalue weighted by atomic mass is 9.97. The Morgan fingerprint density at radius 2 is 1.56 bits per heavy atom. The van der Waals surface area contributed by atoms with Crippen molar-refractivity contribution in [2.45, 2.75) is 85.0 Å². The fourth-order valence-corrected chi connectivity index (χ4v) is 4.69. The van der Waals surface area contributed by atoms with Gasteiger partial charge < -0.3 is 25.4 Å². The molecule has 0 heterocycles. The first-order valence-corrected chi connectivity index (χ1v) is 14.2. The van der Waals surface area contributed by atoms with Crippen molar-refractivity contribution in [2.24, 2.45) is 5.92 Å². The van der Waals surface area contributed by atoms with Crippen LogP contribution in [0.4, 0.5) is 10.5 Å². The van der Waals surface area contributed by atoms with Crippen LogP contribution >= 0.6 is 0 Å². The molecule has 0 radical (unpaired) electrons. The molecule has 0 aliphatic heterocycles. The van der Waals surface area contributed by atoms with E-state index in [1.165, 1.54) is 12.1 Å². The molecule has 3 amide bonds. The Morgan fingerprint density at radius 3 is 2.15 bits per heavy atom. The summed E-state index contributed by atoms with van der Waals surface area (Å²) in [6.07, 6.45) is 0.242. The van der Waals surface area contributed by atoms with Gasteiger partial charge in [-0.1, -0.05) is 63.2 Å². The number of hydrogen-bond donors (Lipinski definition) is 3. The van der Waals surface area contributed by atoms with Crippen molar-refractivity contribution in [3.63, 3.8) is 0 Å². The van der Waals surface area contributed by atoms with E-state index < -0.39 is 29.7 Å². The Labute approximate surface area is 243 Å². The number of carbonyl (C=O) groups is 3. The molecule has 0 aliphatic rings. The van der Waals surface area contributed by atoms with Gasteiger partial charge >= 0.3 is 6.09 Å². The smallest absolute Gasteiger partial charge is 0.408 e. The first kappa shape index (κ1) is 31.5. The minimum absolute atomic E-state index is 0.0492. The lowest BCUT2D eigenvalue weighted by Crippen LogP contribution is -2.55. The van der Waals surface area contributed by atoms with Crippen LogP contribution in [0.25, 0.3) is 10.8 Å². The number of anilines is 1. The Hall–Kier alpha value is -4.07. The maximum Gasteiger partial charge on any atom is 0.408 e. The number of phenolic OH excluding ortho intramolecular Hbond substituents is 1. The van der Waals surface area contributed by atoms with Gasteiger partial charge in [-0.3, -0.25) is 9.59 Å². The maximum absolute atomic E-state index is 14.3. The van der Waals surface area contributed by atoms with E-state index in [0.717, 1.165) is 10.8 Å². The van der Waals surface area contributed by atoms with Crippen molar-refractivity contribution < 1.29 is 24.2 Å². The molecule has 0 spiro atoms. The van der Waals surface area contributed by atoms with Gasteiger partial charge in [-0.15, -0.1) is 0 Å². The van der Waals surface area contributed by atoms with E-state index in [-0.39, 0.29) is 23.6 Å². The monoisotopic (exact) mass is 561 g/mol. The number of hydrogen-bond acceptors (Lipinski definition) is 5. The molecule has 8 heteroatoms. The molecular weight excluding hydrogens is 518 g/mol. The van der Waals surface area contributed by atoms with Crippen LogP contribution in [0.2, 0.25) is 0 Å². The molecule has 0 aromatic heterocycles. The topological polar surface area (TPSA) is 108 Å². The number of benzene rings is 3. The summed E-state index contributed by atoms with van der Waals surface area (Å²) >= 11 is 0. The number of amides is 3. The highest BCUT2D eigenvalue weighted by atomic mass is 16.6. The van der Waals surface area contributed by atoms with Gasteiger partial charge in [0.15, 0.2) is 0 Å². The molecule has 220 valence electrons. The van der Waals surface area contributed by atoms with Crippen LogP contribution in [0.15, 0.2) is 66.7 Å². The normalized spacial score (nSPS) is 13.8. The van der Waals surface area contributed by atoms with Gasteiger partial charge in [0, 0.05) is 11.7 Å². The summed E-state index contributed by atoms with van der Waals surface area (Å²) in [5.41, 5.74) is 0.398. The summed E-state index contributed by atoms with van der Waals surface area (Å²) in [5, 5.41) is 17.7. The third-order valence-electron chi connectivity index (χ3n) is 6.77. The van der Waals surface area contributed by atoms with Crippen LogP contribution in [0.5, 0.6) is 5.75 Å². The van der Waals surface area contributed by atoms with E-state index in [0.29, 0.717) is 24.1 Å². The Morgan fingerprint density at radius 1 is 0.927 bits per heavy atom. The quantitative estimate of drug-likeness (QED) is 0.253. The van der Waals surface area contributed by atoms with Crippen molar-refractivity contribution >= 4 is 34.4 Å². The molecule has 3 N–H and O–H groups in total. The molecule has 0 aliphatic carbocycles. The summed E-state index contributed by atoms with van der Waals surface area (Å²) in [6.45, 7) is 13.0. The predicted molar refractivity (Wildman–Crippen MR) is 163 cm³/mol. The van der Waals surface area contributed by atoms with Gasteiger partial charge in [0.1, 0.15) is 23.4 Å². The molecule has 3 unspecified atom stereocenters. The number of nitrogens with one attached hydrogen (secondary N) is 2. The van der Waals surface area contributed by atoms with E-state index >= 15 is 0 Å². The average Bonchev–Trinajstić information content (AvgIpc) is 2.89. The predicted octanol–water partition coefficient (Wildman–Crippen LogP) is 6.79. The minimum Gasteiger partial charge on any atom is -0.508 e. The van der Waals surface area contributed by atoms with Crippen LogP contribution in [-0.2, 0) is 14.3 Å². The fourth-order valence-electron chi connectivity index (χ4n) is 4.69. The number of ether oxygens (including phenoxy) is 1. The van der Waals surface area contributed by atoms with Gasteiger partial charge in [0.2, 0.25) is 5.91 Å². The highest BCUT2D eigenvalue weighted by molar-refractivity contribution is 6.00. The number of carbonyl (C=O) groups excluding carboxylic acids is 3. The van der Waals surface area contributed by atoms with Gasteiger partial charge in [0.05, 0.1) is 0 Å². The zero-order valence-corrected chi connectivity index (χ0v) is 25.1. The Bertz CT molecular complexity index is 1350. The molecule has 3 atom stereocenters. The van der Waals surface area contributed by atoms with Gasteiger partial charge in [0.25, 0.3) is 5.91 Å². The van der Waals surface area contributed by atoms with E-state index in [2.05, 4.69) is 10.6 Å². The van der Waals surface area contributed by atoms with Gasteiger partial charge in [-0.2, -0.15) is 0 Å². The second-order valence-corrected chi connectivity index (χ2v) is 11.9. The molecule has 41 heavy (non-hydrogen) atoms. The van der Waals surface area contributed by atoms with Crippen LogP contribution in [0.3, 0.4) is 0 Å². The van der Waals surface area contributed by atoms with Crippen LogP contribution in [0, 0.1) is 5.92 Å². The number of phenols is 1. The summed E-state index contributed by atoms with van der Waals surface area (Å²) in [7, 11) is 0. The molecule has 0 saturated heterocycles. The second-order valence-electron chi connectivity index (χ2n) is 11.9. The number of aromatic hydroxyl groups is 1. The molecule has 3 aromatic rings. The highest BCUT2D eigenvalue weighted by Crippen LogP contribution is 2.30. The largest absolute Gasteiger partial charge is 0.508 e. The zero-order chi connectivity index (χ0) is 30.3. The summed E-state index contributed by atoms with van der Waals surface area (Å²) in [6, 6.07) is 17.5. The summed E-state index contributed by atoms with van der Waals surface area (Å²) in [4.78, 5) is 42.7. The molecule has 3 aromatic carbocycles. The number of fused-ring (bicyclic) bond motifs is 1. The van der Waals surface area contributed by atoms with E-state index in [1.807, 2.05) is 70.2 Å². The highest BCUT2D eigenvalue weighted by Gasteiger charge is 2.38. The summed E-state index contributed by atoms with van der Waals surface area (Å²) < 4.78 is 5.46. The van der Waals surface area contributed by atoms with Crippen LogP contribution in [-0.4, -0.2) is 45.6 Å². The van der Waals surface area contributed by atoms with Crippen molar-refractivity contribution in [3.8, 4) is 5.75 Å². The van der Waals surface area contributed by atoms with Crippen molar-refractivity contribution in [1.29, 1.82) is 0 Å². The second kappa shape index (κ2) is 13.5. The number of alkyl carbamates (subject to hydrolysis) is 1. The fraction of sp³-hybridized carbons (Fsp3) is 0.424. The van der Waals surface area contributed by atoms with Gasteiger partial charge in [-0.05, 0) is 87.1 Å². The standard InChI is InChI=1S/C33H43N3O5/c1-8-22(4)36(31(39)28(19-21(2)3)35-32(40)41-33(5,6)7)29(24-14-17-27(37)18-15-24)30(38)34-26-16-13-23-11-9-10-12-25(23)20-26/h9-18,20-22,28-29,37H,8,19H2,1-7H3,(H,34,38)(H,35,40).